The van der Waals surface area contributed by atoms with Crippen molar-refractivity contribution < 1.29 is 23.9 Å². The van der Waals surface area contributed by atoms with E-state index in [2.05, 4.69) is 0 Å². The lowest BCUT2D eigenvalue weighted by Crippen LogP contribution is -2.52. The Morgan fingerprint density at radius 1 is 0.848 bits per heavy atom. The van der Waals surface area contributed by atoms with Crippen molar-refractivity contribution in [3.8, 4) is 0 Å². The summed E-state index contributed by atoms with van der Waals surface area (Å²) in [6, 6.07) is 13.2. The van der Waals surface area contributed by atoms with Crippen LogP contribution in [0.15, 0.2) is 48.5 Å². The second kappa shape index (κ2) is 7.34. The van der Waals surface area contributed by atoms with Crippen LogP contribution in [0.3, 0.4) is 0 Å². The molecule has 3 fully saturated rings. The zero-order valence-corrected chi connectivity index (χ0v) is 18.6. The fraction of sp³-hybridized carbons (Fsp3) is 0.385. The van der Waals surface area contributed by atoms with E-state index in [9.17, 15) is 19.2 Å². The van der Waals surface area contributed by atoms with Gasteiger partial charge in [0.15, 0.2) is 0 Å². The van der Waals surface area contributed by atoms with Crippen molar-refractivity contribution in [3.05, 3.63) is 70.2 Å². The van der Waals surface area contributed by atoms with E-state index in [4.69, 9.17) is 16.3 Å². The number of imide groups is 1. The second-order valence-corrected chi connectivity index (χ2v) is 9.81. The predicted molar refractivity (Wildman–Crippen MR) is 119 cm³/mol. The number of amides is 2. The highest BCUT2D eigenvalue weighted by Crippen LogP contribution is 2.58. The SMILES string of the molecule is O=C1[C@@H]2[C@@H](c3cccc(Cl)c3)OC3(C(=O)c4ccccc4C3=O)[C@H]2C(=O)N1C1CCCCC1. The molecule has 2 amide bonds. The number of hydrogen-bond donors (Lipinski definition) is 0. The van der Waals surface area contributed by atoms with Gasteiger partial charge in [-0.3, -0.25) is 24.1 Å². The maximum Gasteiger partial charge on any atom is 0.237 e. The molecule has 0 radical (unpaired) electrons. The maximum absolute atomic E-state index is 13.8. The van der Waals surface area contributed by atoms with Gasteiger partial charge >= 0.3 is 0 Å². The van der Waals surface area contributed by atoms with E-state index in [1.807, 2.05) is 0 Å². The molecular weight excluding hydrogens is 442 g/mol. The summed E-state index contributed by atoms with van der Waals surface area (Å²) in [5, 5.41) is 0.446. The number of Topliss-reactive ketones (excluding diaryl/α,β-unsaturated/α-hetero) is 2. The molecule has 0 bridgehead atoms. The molecule has 6 nitrogen and oxygen atoms in total. The summed E-state index contributed by atoms with van der Waals surface area (Å²) >= 11 is 6.21. The highest BCUT2D eigenvalue weighted by molar-refractivity contribution is 6.35. The molecule has 2 aromatic rings. The largest absolute Gasteiger partial charge is 0.349 e. The molecule has 0 aromatic heterocycles. The smallest absolute Gasteiger partial charge is 0.237 e. The van der Waals surface area contributed by atoms with Crippen molar-refractivity contribution >= 4 is 35.0 Å². The molecule has 0 N–H and O–H groups in total. The monoisotopic (exact) mass is 463 g/mol. The molecule has 4 aliphatic rings. The number of hydrogen-bond acceptors (Lipinski definition) is 5. The molecular formula is C26H22ClNO5. The van der Waals surface area contributed by atoms with E-state index in [1.165, 1.54) is 4.90 Å². The van der Waals surface area contributed by atoms with Crippen LogP contribution in [0.25, 0.3) is 0 Å². The molecule has 3 atom stereocenters. The molecule has 168 valence electrons. The van der Waals surface area contributed by atoms with Gasteiger partial charge in [-0.15, -0.1) is 0 Å². The summed E-state index contributed by atoms with van der Waals surface area (Å²) in [5.41, 5.74) is -0.955. The van der Waals surface area contributed by atoms with E-state index in [0.717, 1.165) is 32.1 Å². The van der Waals surface area contributed by atoms with Crippen LogP contribution in [0, 0.1) is 11.8 Å². The summed E-state index contributed by atoms with van der Waals surface area (Å²) in [7, 11) is 0. The van der Waals surface area contributed by atoms with Gasteiger partial charge in [0.05, 0.1) is 17.9 Å². The predicted octanol–water partition coefficient (Wildman–Crippen LogP) is 4.16. The Hall–Kier alpha value is -2.83. The fourth-order valence-electron chi connectivity index (χ4n) is 6.22. The van der Waals surface area contributed by atoms with E-state index >= 15 is 0 Å². The normalized spacial score (nSPS) is 28.6. The number of benzene rings is 2. The van der Waals surface area contributed by atoms with Gasteiger partial charge in [0, 0.05) is 22.2 Å². The Labute approximate surface area is 195 Å². The maximum atomic E-state index is 13.8. The summed E-state index contributed by atoms with van der Waals surface area (Å²) < 4.78 is 6.28. The van der Waals surface area contributed by atoms with Crippen molar-refractivity contribution in [3.63, 3.8) is 0 Å². The van der Waals surface area contributed by atoms with Crippen LogP contribution in [-0.4, -0.2) is 39.9 Å². The third-order valence-corrected chi connectivity index (χ3v) is 7.91. The topological polar surface area (TPSA) is 80.8 Å². The van der Waals surface area contributed by atoms with Crippen LogP contribution >= 0.6 is 11.6 Å². The number of rotatable bonds is 2. The van der Waals surface area contributed by atoms with Gasteiger partial charge in [0.2, 0.25) is 29.0 Å². The highest BCUT2D eigenvalue weighted by Gasteiger charge is 2.75. The van der Waals surface area contributed by atoms with Gasteiger partial charge in [0.1, 0.15) is 0 Å². The lowest BCUT2D eigenvalue weighted by atomic mass is 9.77. The van der Waals surface area contributed by atoms with E-state index < -0.39 is 41.0 Å². The molecule has 2 aliphatic heterocycles. The fourth-order valence-corrected chi connectivity index (χ4v) is 6.42. The first-order valence-electron chi connectivity index (χ1n) is 11.4. The van der Waals surface area contributed by atoms with Crippen molar-refractivity contribution in [1.29, 1.82) is 0 Å². The first-order chi connectivity index (χ1) is 15.9. The van der Waals surface area contributed by atoms with Gasteiger partial charge in [0.25, 0.3) is 0 Å². The first-order valence-corrected chi connectivity index (χ1v) is 11.8. The number of carbonyl (C=O) groups excluding carboxylic acids is 4. The van der Waals surface area contributed by atoms with Crippen molar-refractivity contribution in [2.24, 2.45) is 11.8 Å². The van der Waals surface area contributed by atoms with Crippen LogP contribution in [-0.2, 0) is 14.3 Å². The Morgan fingerprint density at radius 2 is 1.52 bits per heavy atom. The first kappa shape index (κ1) is 20.8. The van der Waals surface area contributed by atoms with Gasteiger partial charge in [-0.25, -0.2) is 0 Å². The number of ether oxygens (including phenoxy) is 1. The van der Waals surface area contributed by atoms with Crippen LogP contribution < -0.4 is 0 Å². The summed E-state index contributed by atoms with van der Waals surface area (Å²) in [6.45, 7) is 0. The van der Waals surface area contributed by atoms with Gasteiger partial charge < -0.3 is 4.74 Å². The zero-order chi connectivity index (χ0) is 22.9. The third-order valence-electron chi connectivity index (χ3n) is 7.67. The number of nitrogens with zero attached hydrogens (tertiary/aromatic N) is 1. The molecule has 1 spiro atoms. The lowest BCUT2D eigenvalue weighted by Gasteiger charge is -2.33. The standard InChI is InChI=1S/C26H22ClNO5/c27-15-8-6-7-14(13-15)21-19-20(25(32)28(24(19)31)16-9-2-1-3-10-16)26(33-21)22(29)17-11-4-5-12-18(17)23(26)30/h4-8,11-13,16,19-21H,1-3,9-10H2/t19-,20+,21+/m0/s1. The Bertz CT molecular complexity index is 1180. The summed E-state index contributed by atoms with van der Waals surface area (Å²) in [4.78, 5) is 56.3. The third kappa shape index (κ3) is 2.71. The minimum atomic E-state index is -2.02. The number of carbonyl (C=O) groups is 4. The molecule has 7 heteroatoms. The van der Waals surface area contributed by atoms with Crippen molar-refractivity contribution in [2.45, 2.75) is 49.9 Å². The molecule has 2 aliphatic carbocycles. The summed E-state index contributed by atoms with van der Waals surface area (Å²) in [5.74, 6) is -4.00. The van der Waals surface area contributed by atoms with Gasteiger partial charge in [-0.1, -0.05) is 67.3 Å². The molecule has 0 unspecified atom stereocenters. The van der Waals surface area contributed by atoms with Gasteiger partial charge in [-0.2, -0.15) is 0 Å². The number of halogens is 1. The van der Waals surface area contributed by atoms with Crippen LogP contribution in [0.4, 0.5) is 0 Å². The van der Waals surface area contributed by atoms with Gasteiger partial charge in [-0.05, 0) is 30.5 Å². The average Bonchev–Trinajstić information content (AvgIpc) is 3.40. The molecule has 2 heterocycles. The average molecular weight is 464 g/mol. The minimum Gasteiger partial charge on any atom is -0.349 e. The Morgan fingerprint density at radius 3 is 2.15 bits per heavy atom. The molecule has 2 saturated heterocycles. The number of likely N-dealkylation sites (tertiary alicyclic amines) is 1. The number of ketones is 2. The molecule has 1 saturated carbocycles. The van der Waals surface area contributed by atoms with E-state index in [1.54, 1.807) is 48.5 Å². The van der Waals surface area contributed by atoms with E-state index in [-0.39, 0.29) is 23.1 Å². The van der Waals surface area contributed by atoms with Crippen LogP contribution in [0.1, 0.15) is 64.5 Å². The van der Waals surface area contributed by atoms with Crippen LogP contribution in [0.2, 0.25) is 5.02 Å². The summed E-state index contributed by atoms with van der Waals surface area (Å²) in [6.07, 6.45) is 3.54. The number of fused-ring (bicyclic) bond motifs is 3. The lowest BCUT2D eigenvalue weighted by molar-refractivity contribution is -0.148. The van der Waals surface area contributed by atoms with Crippen molar-refractivity contribution in [1.82, 2.24) is 4.90 Å². The quantitative estimate of drug-likeness (QED) is 0.493. The molecule has 33 heavy (non-hydrogen) atoms. The highest BCUT2D eigenvalue weighted by atomic mass is 35.5. The molecule has 6 rings (SSSR count). The van der Waals surface area contributed by atoms with Crippen molar-refractivity contribution in [2.75, 3.05) is 0 Å². The zero-order valence-electron chi connectivity index (χ0n) is 17.8. The minimum absolute atomic E-state index is 0.199. The van der Waals surface area contributed by atoms with E-state index in [0.29, 0.717) is 10.6 Å². The molecule has 2 aromatic carbocycles. The Balaban J connectivity index is 1.51. The second-order valence-electron chi connectivity index (χ2n) is 9.37. The van der Waals surface area contributed by atoms with Crippen LogP contribution in [0.5, 0.6) is 0 Å². The Kier molecular flexibility index (Phi) is 4.61.